The van der Waals surface area contributed by atoms with E-state index < -0.39 is 0 Å². The van der Waals surface area contributed by atoms with Crippen LogP contribution in [0.4, 0.5) is 0 Å². The number of nitrogens with zero attached hydrogens (tertiary/aromatic N) is 2. The minimum absolute atomic E-state index is 0.432. The summed E-state index contributed by atoms with van der Waals surface area (Å²) in [4.78, 5) is 9.97. The lowest BCUT2D eigenvalue weighted by Gasteiger charge is -2.25. The molecular weight excluding hydrogens is 238 g/mol. The molecule has 100 valence electrons. The Labute approximate surface area is 113 Å². The summed E-state index contributed by atoms with van der Waals surface area (Å²) in [5.74, 6) is 2.01. The molecule has 19 heavy (non-hydrogen) atoms. The molecule has 0 amide bonds. The predicted molar refractivity (Wildman–Crippen MR) is 74.0 cm³/mol. The summed E-state index contributed by atoms with van der Waals surface area (Å²) in [6, 6.07) is 8.75. The molecule has 0 spiro atoms. The third-order valence-corrected chi connectivity index (χ3v) is 3.77. The van der Waals surface area contributed by atoms with Crippen molar-refractivity contribution in [1.82, 2.24) is 14.9 Å². The highest BCUT2D eigenvalue weighted by Crippen LogP contribution is 2.37. The lowest BCUT2D eigenvalue weighted by atomic mass is 10.0. The van der Waals surface area contributed by atoms with E-state index in [0.29, 0.717) is 6.04 Å². The Bertz CT molecular complexity index is 524. The zero-order chi connectivity index (χ0) is 13.1. The molecule has 4 heteroatoms. The summed E-state index contributed by atoms with van der Waals surface area (Å²) < 4.78 is 5.49. The van der Waals surface area contributed by atoms with E-state index >= 15 is 0 Å². The second kappa shape index (κ2) is 5.45. The topological polar surface area (TPSA) is 41.1 Å². The quantitative estimate of drug-likeness (QED) is 0.915. The summed E-state index contributed by atoms with van der Waals surface area (Å²) in [5, 5.41) is 0. The number of imidazole rings is 1. The first-order valence-corrected chi connectivity index (χ1v) is 6.73. The van der Waals surface area contributed by atoms with Crippen LogP contribution in [0, 0.1) is 0 Å². The van der Waals surface area contributed by atoms with E-state index in [4.69, 9.17) is 4.74 Å². The van der Waals surface area contributed by atoms with Crippen LogP contribution in [0.15, 0.2) is 36.7 Å². The van der Waals surface area contributed by atoms with Gasteiger partial charge in [-0.25, -0.2) is 4.98 Å². The Balaban J connectivity index is 1.82. The third kappa shape index (κ3) is 2.49. The Morgan fingerprint density at radius 1 is 1.42 bits per heavy atom. The van der Waals surface area contributed by atoms with Crippen molar-refractivity contribution in [3.05, 3.63) is 48.0 Å². The number of hydrogen-bond donors (Lipinski definition) is 1. The fourth-order valence-electron chi connectivity index (χ4n) is 2.89. The van der Waals surface area contributed by atoms with Crippen molar-refractivity contribution in [2.24, 2.45) is 0 Å². The highest BCUT2D eigenvalue weighted by molar-refractivity contribution is 5.36. The van der Waals surface area contributed by atoms with Crippen LogP contribution in [0.1, 0.15) is 30.3 Å². The predicted octanol–water partition coefficient (Wildman–Crippen LogP) is 2.76. The summed E-state index contributed by atoms with van der Waals surface area (Å²) in [7, 11) is 1.74. The maximum Gasteiger partial charge on any atom is 0.123 e. The van der Waals surface area contributed by atoms with Gasteiger partial charge in [-0.2, -0.15) is 0 Å². The average Bonchev–Trinajstić information content (AvgIpc) is 3.11. The van der Waals surface area contributed by atoms with Gasteiger partial charge in [-0.3, -0.25) is 4.90 Å². The number of likely N-dealkylation sites (tertiary alicyclic amines) is 1. The van der Waals surface area contributed by atoms with E-state index in [0.717, 1.165) is 24.7 Å². The van der Waals surface area contributed by atoms with Crippen LogP contribution in [-0.4, -0.2) is 28.5 Å². The number of ether oxygens (including phenoxy) is 1. The second-order valence-electron chi connectivity index (χ2n) is 4.91. The lowest BCUT2D eigenvalue weighted by molar-refractivity contribution is 0.238. The maximum absolute atomic E-state index is 5.49. The molecule has 0 saturated carbocycles. The van der Waals surface area contributed by atoms with Crippen molar-refractivity contribution in [2.75, 3.05) is 13.7 Å². The van der Waals surface area contributed by atoms with Gasteiger partial charge >= 0.3 is 0 Å². The molecule has 1 saturated heterocycles. The van der Waals surface area contributed by atoms with E-state index in [2.05, 4.69) is 27.0 Å². The zero-order valence-corrected chi connectivity index (χ0v) is 11.2. The second-order valence-corrected chi connectivity index (χ2v) is 4.91. The van der Waals surface area contributed by atoms with Crippen LogP contribution < -0.4 is 4.74 Å². The molecule has 1 N–H and O–H groups in total. The number of aromatic nitrogens is 2. The summed E-state index contributed by atoms with van der Waals surface area (Å²) in [6.45, 7) is 1.99. The molecule has 1 aliphatic heterocycles. The standard InChI is InChI=1S/C15H19N3O/c1-19-14-7-3-2-5-12(14)13-6-4-10-18(13)11-15-16-8-9-17-15/h2-3,5,7-9,13H,4,6,10-11H2,1H3,(H,16,17). The van der Waals surface area contributed by atoms with E-state index in [1.165, 1.54) is 18.4 Å². The largest absolute Gasteiger partial charge is 0.496 e. The third-order valence-electron chi connectivity index (χ3n) is 3.77. The number of para-hydroxylation sites is 1. The molecule has 2 aromatic rings. The Morgan fingerprint density at radius 2 is 2.32 bits per heavy atom. The molecule has 4 nitrogen and oxygen atoms in total. The summed E-state index contributed by atoms with van der Waals surface area (Å²) >= 11 is 0. The summed E-state index contributed by atoms with van der Waals surface area (Å²) in [6.07, 6.45) is 6.09. The van der Waals surface area contributed by atoms with Gasteiger partial charge in [0.05, 0.1) is 13.7 Å². The Morgan fingerprint density at radius 3 is 3.11 bits per heavy atom. The number of methoxy groups -OCH3 is 1. The van der Waals surface area contributed by atoms with Gasteiger partial charge in [0.15, 0.2) is 0 Å². The maximum atomic E-state index is 5.49. The van der Waals surface area contributed by atoms with Gasteiger partial charge in [-0.15, -0.1) is 0 Å². The van der Waals surface area contributed by atoms with Crippen LogP contribution in [0.25, 0.3) is 0 Å². The molecule has 1 unspecified atom stereocenters. The first-order chi connectivity index (χ1) is 9.38. The molecule has 1 atom stereocenters. The van der Waals surface area contributed by atoms with Gasteiger partial charge in [0.25, 0.3) is 0 Å². The number of aromatic amines is 1. The number of rotatable bonds is 4. The SMILES string of the molecule is COc1ccccc1C1CCCN1Cc1ncc[nH]1. The lowest BCUT2D eigenvalue weighted by Crippen LogP contribution is -2.23. The van der Waals surface area contributed by atoms with Crippen molar-refractivity contribution in [2.45, 2.75) is 25.4 Å². The normalized spacial score (nSPS) is 19.7. The molecule has 0 aliphatic carbocycles. The first kappa shape index (κ1) is 12.2. The van der Waals surface area contributed by atoms with Gasteiger partial charge < -0.3 is 9.72 Å². The fraction of sp³-hybridized carbons (Fsp3) is 0.400. The van der Waals surface area contributed by atoms with E-state index in [1.54, 1.807) is 7.11 Å². The van der Waals surface area contributed by atoms with Gasteiger partial charge in [0.2, 0.25) is 0 Å². The highest BCUT2D eigenvalue weighted by Gasteiger charge is 2.28. The molecule has 1 aromatic carbocycles. The molecular formula is C15H19N3O. The van der Waals surface area contributed by atoms with E-state index in [1.807, 2.05) is 24.5 Å². The van der Waals surface area contributed by atoms with Gasteiger partial charge in [0, 0.05) is 24.0 Å². The highest BCUT2D eigenvalue weighted by atomic mass is 16.5. The van der Waals surface area contributed by atoms with Crippen molar-refractivity contribution >= 4 is 0 Å². The number of nitrogens with one attached hydrogen (secondary N) is 1. The molecule has 1 aliphatic rings. The van der Waals surface area contributed by atoms with Gasteiger partial charge in [0.1, 0.15) is 11.6 Å². The smallest absolute Gasteiger partial charge is 0.123 e. The molecule has 0 radical (unpaired) electrons. The van der Waals surface area contributed by atoms with Crippen LogP contribution in [-0.2, 0) is 6.54 Å². The molecule has 2 heterocycles. The number of hydrogen-bond acceptors (Lipinski definition) is 3. The van der Waals surface area contributed by atoms with Gasteiger partial charge in [-0.1, -0.05) is 18.2 Å². The number of benzene rings is 1. The molecule has 1 fully saturated rings. The molecule has 0 bridgehead atoms. The average molecular weight is 257 g/mol. The molecule has 1 aromatic heterocycles. The summed E-state index contributed by atoms with van der Waals surface area (Å²) in [5.41, 5.74) is 1.29. The van der Waals surface area contributed by atoms with Crippen LogP contribution in [0.3, 0.4) is 0 Å². The minimum Gasteiger partial charge on any atom is -0.496 e. The van der Waals surface area contributed by atoms with Crippen molar-refractivity contribution in [1.29, 1.82) is 0 Å². The van der Waals surface area contributed by atoms with Gasteiger partial charge in [-0.05, 0) is 25.5 Å². The van der Waals surface area contributed by atoms with Crippen LogP contribution in [0.2, 0.25) is 0 Å². The van der Waals surface area contributed by atoms with Crippen molar-refractivity contribution < 1.29 is 4.74 Å². The number of H-pyrrole nitrogens is 1. The molecule has 3 rings (SSSR count). The van der Waals surface area contributed by atoms with Crippen molar-refractivity contribution in [3.63, 3.8) is 0 Å². The Hall–Kier alpha value is -1.81. The van der Waals surface area contributed by atoms with E-state index in [-0.39, 0.29) is 0 Å². The van der Waals surface area contributed by atoms with Crippen molar-refractivity contribution in [3.8, 4) is 5.75 Å². The monoisotopic (exact) mass is 257 g/mol. The minimum atomic E-state index is 0.432. The van der Waals surface area contributed by atoms with Crippen LogP contribution >= 0.6 is 0 Å². The fourth-order valence-corrected chi connectivity index (χ4v) is 2.89. The Kier molecular flexibility index (Phi) is 3.51. The van der Waals surface area contributed by atoms with Crippen LogP contribution in [0.5, 0.6) is 5.75 Å². The first-order valence-electron chi connectivity index (χ1n) is 6.73. The van der Waals surface area contributed by atoms with E-state index in [9.17, 15) is 0 Å². The zero-order valence-electron chi connectivity index (χ0n) is 11.2.